The second-order valence-electron chi connectivity index (χ2n) is 10.4. The first kappa shape index (κ1) is 30.2. The Bertz CT molecular complexity index is 1570. The molecule has 4 aromatic carbocycles. The van der Waals surface area contributed by atoms with Crippen molar-refractivity contribution < 1.29 is 17.9 Å². The summed E-state index contributed by atoms with van der Waals surface area (Å²) in [6, 6.07) is 28.1. The summed E-state index contributed by atoms with van der Waals surface area (Å²) >= 11 is 6.28. The van der Waals surface area contributed by atoms with Gasteiger partial charge in [0.05, 0.1) is 30.3 Å². The first-order chi connectivity index (χ1) is 19.6. The molecule has 4 rings (SSSR count). The molecule has 0 aliphatic carbocycles. The van der Waals surface area contributed by atoms with E-state index in [1.54, 1.807) is 79.9 Å². The van der Waals surface area contributed by atoms with Crippen molar-refractivity contribution in [1.82, 2.24) is 5.32 Å². The maximum atomic E-state index is 13.8. The summed E-state index contributed by atoms with van der Waals surface area (Å²) in [5.74, 6) is 0.935. The molecule has 41 heavy (non-hydrogen) atoms. The Kier molecular flexibility index (Phi) is 9.73. The summed E-state index contributed by atoms with van der Waals surface area (Å²) in [7, 11) is -2.27. The molecule has 4 aromatic rings. The summed E-state index contributed by atoms with van der Waals surface area (Å²) in [4.78, 5) is 13.4. The highest BCUT2D eigenvalue weighted by atomic mass is 35.5. The smallest absolute Gasteiger partial charge is 0.264 e. The molecule has 1 unspecified atom stereocenters. The standard InChI is InChI=1S/C33H35ClN2O4S/c1-23(2)20-31(26-15-18-29(40-4)19-16-26)35-33(37)27-13-11-25(12-14-27)22-36(32-21-28(34)17-10-24(32)3)41(38,39)30-8-6-5-7-9-30/h5-19,21,23,31H,20,22H2,1-4H3,(H,35,37). The molecule has 0 spiro atoms. The maximum absolute atomic E-state index is 13.8. The highest BCUT2D eigenvalue weighted by Crippen LogP contribution is 2.31. The zero-order valence-corrected chi connectivity index (χ0v) is 25.2. The van der Waals surface area contributed by atoms with Crippen LogP contribution in [0.4, 0.5) is 5.69 Å². The van der Waals surface area contributed by atoms with E-state index in [0.29, 0.717) is 22.2 Å². The van der Waals surface area contributed by atoms with Gasteiger partial charge in [-0.1, -0.05) is 74.0 Å². The maximum Gasteiger partial charge on any atom is 0.264 e. The van der Waals surface area contributed by atoms with Crippen molar-refractivity contribution >= 4 is 33.2 Å². The van der Waals surface area contributed by atoms with E-state index in [9.17, 15) is 13.2 Å². The third-order valence-corrected chi connectivity index (χ3v) is 8.85. The third kappa shape index (κ3) is 7.48. The minimum atomic E-state index is -3.89. The average molecular weight is 591 g/mol. The molecule has 6 nitrogen and oxygen atoms in total. The van der Waals surface area contributed by atoms with Crippen LogP contribution in [-0.4, -0.2) is 21.4 Å². The summed E-state index contributed by atoms with van der Waals surface area (Å²) in [5.41, 5.74) is 3.50. The zero-order chi connectivity index (χ0) is 29.6. The van der Waals surface area contributed by atoms with Gasteiger partial charge in [-0.25, -0.2) is 8.42 Å². The first-order valence-corrected chi connectivity index (χ1v) is 15.3. The summed E-state index contributed by atoms with van der Waals surface area (Å²) in [5, 5.41) is 3.61. The summed E-state index contributed by atoms with van der Waals surface area (Å²) < 4.78 is 34.2. The van der Waals surface area contributed by atoms with Gasteiger partial charge in [0.25, 0.3) is 15.9 Å². The Morgan fingerprint density at radius 3 is 2.20 bits per heavy atom. The normalized spacial score (nSPS) is 12.1. The van der Waals surface area contributed by atoms with Crippen molar-refractivity contribution in [3.63, 3.8) is 0 Å². The van der Waals surface area contributed by atoms with Gasteiger partial charge in [-0.05, 0) is 84.5 Å². The Morgan fingerprint density at radius 2 is 1.59 bits per heavy atom. The van der Waals surface area contributed by atoms with Crippen LogP contribution in [0.15, 0.2) is 102 Å². The molecule has 0 radical (unpaired) electrons. The number of hydrogen-bond donors (Lipinski definition) is 1. The SMILES string of the molecule is COc1ccc(C(CC(C)C)NC(=O)c2ccc(CN(c3cc(Cl)ccc3C)S(=O)(=O)c3ccccc3)cc2)cc1. The van der Waals surface area contributed by atoms with Crippen LogP contribution in [0.2, 0.25) is 5.02 Å². The van der Waals surface area contributed by atoms with Crippen molar-refractivity contribution in [2.75, 3.05) is 11.4 Å². The number of sulfonamides is 1. The molecule has 0 aromatic heterocycles. The molecule has 0 fully saturated rings. The van der Waals surface area contributed by atoms with Gasteiger partial charge in [-0.2, -0.15) is 0 Å². The predicted octanol–water partition coefficient (Wildman–Crippen LogP) is 7.57. The Labute approximate surface area is 248 Å². The quantitative estimate of drug-likeness (QED) is 0.195. The lowest BCUT2D eigenvalue weighted by atomic mass is 9.96. The van der Waals surface area contributed by atoms with Crippen LogP contribution in [0.5, 0.6) is 5.75 Å². The predicted molar refractivity (Wildman–Crippen MR) is 165 cm³/mol. The van der Waals surface area contributed by atoms with Crippen molar-refractivity contribution in [2.24, 2.45) is 5.92 Å². The van der Waals surface area contributed by atoms with E-state index in [1.807, 2.05) is 31.2 Å². The van der Waals surface area contributed by atoms with E-state index in [-0.39, 0.29) is 23.4 Å². The number of carbonyl (C=O) groups is 1. The fourth-order valence-electron chi connectivity index (χ4n) is 4.63. The van der Waals surface area contributed by atoms with Gasteiger partial charge >= 0.3 is 0 Å². The minimum absolute atomic E-state index is 0.0716. The fraction of sp³-hybridized carbons (Fsp3) is 0.242. The van der Waals surface area contributed by atoms with E-state index in [1.165, 1.54) is 4.31 Å². The van der Waals surface area contributed by atoms with Crippen LogP contribution in [0, 0.1) is 12.8 Å². The number of benzene rings is 4. The molecular formula is C33H35ClN2O4S. The summed E-state index contributed by atoms with van der Waals surface area (Å²) in [6.07, 6.45) is 0.779. The highest BCUT2D eigenvalue weighted by Gasteiger charge is 2.27. The summed E-state index contributed by atoms with van der Waals surface area (Å²) in [6.45, 7) is 6.16. The lowest BCUT2D eigenvalue weighted by molar-refractivity contribution is 0.0932. The van der Waals surface area contributed by atoms with Gasteiger partial charge in [-0.15, -0.1) is 0 Å². The molecule has 1 atom stereocenters. The number of aryl methyl sites for hydroxylation is 1. The van der Waals surface area contributed by atoms with E-state index in [0.717, 1.165) is 28.9 Å². The number of methoxy groups -OCH3 is 1. The Morgan fingerprint density at radius 1 is 0.927 bits per heavy atom. The zero-order valence-electron chi connectivity index (χ0n) is 23.7. The van der Waals surface area contributed by atoms with Crippen LogP contribution in [0.25, 0.3) is 0 Å². The Hall–Kier alpha value is -3.81. The van der Waals surface area contributed by atoms with Gasteiger partial charge in [0.15, 0.2) is 0 Å². The molecular weight excluding hydrogens is 556 g/mol. The molecule has 0 heterocycles. The number of halogens is 1. The monoisotopic (exact) mass is 590 g/mol. The molecule has 0 aliphatic heterocycles. The van der Waals surface area contributed by atoms with Crippen LogP contribution in [-0.2, 0) is 16.6 Å². The number of ether oxygens (including phenoxy) is 1. The highest BCUT2D eigenvalue weighted by molar-refractivity contribution is 7.92. The largest absolute Gasteiger partial charge is 0.497 e. The number of rotatable bonds is 11. The third-order valence-electron chi connectivity index (χ3n) is 6.84. The molecule has 0 saturated carbocycles. The van der Waals surface area contributed by atoms with Crippen molar-refractivity contribution in [2.45, 2.75) is 44.7 Å². The topological polar surface area (TPSA) is 75.7 Å². The van der Waals surface area contributed by atoms with Gasteiger partial charge in [-0.3, -0.25) is 9.10 Å². The van der Waals surface area contributed by atoms with E-state index >= 15 is 0 Å². The van der Waals surface area contributed by atoms with Gasteiger partial charge in [0.1, 0.15) is 5.75 Å². The number of nitrogens with zero attached hydrogens (tertiary/aromatic N) is 1. The number of amides is 1. The Balaban J connectivity index is 1.59. The lowest BCUT2D eigenvalue weighted by Crippen LogP contribution is -2.31. The van der Waals surface area contributed by atoms with Crippen LogP contribution in [0.3, 0.4) is 0 Å². The number of hydrogen-bond acceptors (Lipinski definition) is 4. The number of nitrogens with one attached hydrogen (secondary N) is 1. The second-order valence-corrected chi connectivity index (χ2v) is 12.7. The first-order valence-electron chi connectivity index (χ1n) is 13.5. The van der Waals surface area contributed by atoms with Crippen molar-refractivity contribution in [3.8, 4) is 5.75 Å². The van der Waals surface area contributed by atoms with Crippen LogP contribution in [0.1, 0.15) is 53.4 Å². The fourth-order valence-corrected chi connectivity index (χ4v) is 6.32. The molecule has 1 N–H and O–H groups in total. The van der Waals surface area contributed by atoms with Crippen LogP contribution < -0.4 is 14.4 Å². The average Bonchev–Trinajstić information content (AvgIpc) is 2.97. The van der Waals surface area contributed by atoms with Crippen molar-refractivity contribution in [3.05, 3.63) is 124 Å². The molecule has 8 heteroatoms. The van der Waals surface area contributed by atoms with E-state index < -0.39 is 10.0 Å². The van der Waals surface area contributed by atoms with E-state index in [2.05, 4.69) is 19.2 Å². The molecule has 0 aliphatic rings. The van der Waals surface area contributed by atoms with E-state index in [4.69, 9.17) is 16.3 Å². The van der Waals surface area contributed by atoms with Crippen LogP contribution >= 0.6 is 11.6 Å². The lowest BCUT2D eigenvalue weighted by Gasteiger charge is -2.26. The van der Waals surface area contributed by atoms with Crippen molar-refractivity contribution in [1.29, 1.82) is 0 Å². The molecule has 1 amide bonds. The van der Waals surface area contributed by atoms with Gasteiger partial charge < -0.3 is 10.1 Å². The molecule has 0 saturated heterocycles. The number of anilines is 1. The van der Waals surface area contributed by atoms with Gasteiger partial charge in [0.2, 0.25) is 0 Å². The molecule has 0 bridgehead atoms. The minimum Gasteiger partial charge on any atom is -0.497 e. The second kappa shape index (κ2) is 13.2. The molecule has 214 valence electrons. The number of carbonyl (C=O) groups excluding carboxylic acids is 1. The van der Waals surface area contributed by atoms with Gasteiger partial charge in [0, 0.05) is 10.6 Å².